The van der Waals surface area contributed by atoms with E-state index in [9.17, 15) is 13.6 Å². The Morgan fingerprint density at radius 2 is 2.00 bits per heavy atom. The van der Waals surface area contributed by atoms with Gasteiger partial charge in [0.2, 0.25) is 5.91 Å². The molecule has 0 spiro atoms. The third kappa shape index (κ3) is 5.10. The second kappa shape index (κ2) is 9.96. The highest BCUT2D eigenvalue weighted by molar-refractivity contribution is 5.94. The van der Waals surface area contributed by atoms with Crippen LogP contribution in [0.25, 0.3) is 0 Å². The summed E-state index contributed by atoms with van der Waals surface area (Å²) in [7, 11) is 3.67. The number of rotatable bonds is 6. The van der Waals surface area contributed by atoms with Crippen LogP contribution in [0.1, 0.15) is 24.8 Å². The van der Waals surface area contributed by atoms with Gasteiger partial charge in [-0.3, -0.25) is 9.69 Å². The summed E-state index contributed by atoms with van der Waals surface area (Å²) in [6.45, 7) is 2.82. The number of nitrogens with zero attached hydrogens (tertiary/aromatic N) is 2. The first-order valence-electron chi connectivity index (χ1n) is 11.2. The molecule has 7 heteroatoms. The molecule has 0 bridgehead atoms. The van der Waals surface area contributed by atoms with Gasteiger partial charge in [0.1, 0.15) is 17.4 Å². The first kappa shape index (κ1) is 22.7. The van der Waals surface area contributed by atoms with E-state index in [2.05, 4.69) is 22.2 Å². The standard InChI is InChI=1S/C25H31F2N3O2/c1-29-14-19(25(31)28-22-7-3-4-8-24(22)32-2)13-23(29)17-6-5-11-30(15-17)16-18-12-20(26)9-10-21(18)27/h3-4,7-10,12,17,19,23H,5-6,11,13-16H2,1-2H3,(H,28,31)/t17-,19-,23-/m1/s1. The summed E-state index contributed by atoms with van der Waals surface area (Å²) in [6.07, 6.45) is 2.90. The minimum Gasteiger partial charge on any atom is -0.495 e. The highest BCUT2D eigenvalue weighted by atomic mass is 19.1. The Bertz CT molecular complexity index is 955. The normalized spacial score (nSPS) is 24.4. The van der Waals surface area contributed by atoms with Crippen LogP contribution in [0, 0.1) is 23.5 Å². The van der Waals surface area contributed by atoms with E-state index in [1.807, 2.05) is 24.3 Å². The number of halogens is 2. The summed E-state index contributed by atoms with van der Waals surface area (Å²) in [5, 5.41) is 3.02. The number of ether oxygens (including phenoxy) is 1. The highest BCUT2D eigenvalue weighted by Gasteiger charge is 2.39. The molecule has 32 heavy (non-hydrogen) atoms. The molecule has 0 radical (unpaired) electrons. The Morgan fingerprint density at radius 1 is 1.19 bits per heavy atom. The molecule has 2 fully saturated rings. The third-order valence-corrected chi connectivity index (χ3v) is 6.82. The summed E-state index contributed by atoms with van der Waals surface area (Å²) in [4.78, 5) is 17.4. The second-order valence-electron chi connectivity index (χ2n) is 9.00. The number of hydrogen-bond donors (Lipinski definition) is 1. The Hall–Kier alpha value is -2.51. The van der Waals surface area contributed by atoms with Gasteiger partial charge >= 0.3 is 0 Å². The van der Waals surface area contributed by atoms with Crippen LogP contribution in [0.4, 0.5) is 14.5 Å². The van der Waals surface area contributed by atoms with Crippen LogP contribution in [0.2, 0.25) is 0 Å². The fourth-order valence-corrected chi connectivity index (χ4v) is 5.21. The van der Waals surface area contributed by atoms with E-state index in [1.54, 1.807) is 7.11 Å². The Balaban J connectivity index is 1.37. The molecule has 2 saturated heterocycles. The lowest BCUT2D eigenvalue weighted by molar-refractivity contribution is -0.119. The molecule has 1 amide bonds. The smallest absolute Gasteiger partial charge is 0.228 e. The van der Waals surface area contributed by atoms with Gasteiger partial charge in [0.25, 0.3) is 0 Å². The summed E-state index contributed by atoms with van der Waals surface area (Å²) in [5.41, 5.74) is 1.09. The third-order valence-electron chi connectivity index (χ3n) is 6.82. The molecule has 2 aliphatic heterocycles. The number of anilines is 1. The van der Waals surface area contributed by atoms with Gasteiger partial charge in [-0.2, -0.15) is 0 Å². The molecule has 2 aliphatic rings. The second-order valence-corrected chi connectivity index (χ2v) is 9.00. The van der Waals surface area contributed by atoms with Crippen molar-refractivity contribution >= 4 is 11.6 Å². The molecule has 172 valence electrons. The van der Waals surface area contributed by atoms with E-state index >= 15 is 0 Å². The molecule has 2 aromatic carbocycles. The molecule has 4 rings (SSSR count). The molecular formula is C25H31F2N3O2. The topological polar surface area (TPSA) is 44.8 Å². The number of nitrogens with one attached hydrogen (secondary N) is 1. The fourth-order valence-electron chi connectivity index (χ4n) is 5.21. The van der Waals surface area contributed by atoms with Crippen molar-refractivity contribution in [1.82, 2.24) is 9.80 Å². The number of hydrogen-bond acceptors (Lipinski definition) is 4. The average Bonchev–Trinajstić information content (AvgIpc) is 3.19. The zero-order valence-electron chi connectivity index (χ0n) is 18.7. The van der Waals surface area contributed by atoms with Crippen molar-refractivity contribution in [3.05, 3.63) is 59.7 Å². The van der Waals surface area contributed by atoms with Crippen LogP contribution < -0.4 is 10.1 Å². The quantitative estimate of drug-likeness (QED) is 0.729. The number of carbonyl (C=O) groups excluding carboxylic acids is 1. The molecule has 0 aliphatic carbocycles. The minimum atomic E-state index is -0.408. The van der Waals surface area contributed by atoms with E-state index in [0.29, 0.717) is 42.0 Å². The Kier molecular flexibility index (Phi) is 7.06. The molecule has 2 heterocycles. The van der Waals surface area contributed by atoms with Crippen LogP contribution in [0.15, 0.2) is 42.5 Å². The van der Waals surface area contributed by atoms with Crippen LogP contribution in [-0.2, 0) is 11.3 Å². The summed E-state index contributed by atoms with van der Waals surface area (Å²) in [6, 6.07) is 11.4. The lowest BCUT2D eigenvalue weighted by Gasteiger charge is -2.38. The first-order chi connectivity index (χ1) is 15.4. The van der Waals surface area contributed by atoms with E-state index in [0.717, 1.165) is 38.4 Å². The van der Waals surface area contributed by atoms with Gasteiger partial charge in [-0.05, 0) is 69.1 Å². The Labute approximate surface area is 188 Å². The molecule has 0 saturated carbocycles. The fraction of sp³-hybridized carbons (Fsp3) is 0.480. The summed E-state index contributed by atoms with van der Waals surface area (Å²) in [5.74, 6) is 0.198. The van der Waals surface area contributed by atoms with Gasteiger partial charge in [0.15, 0.2) is 0 Å². The van der Waals surface area contributed by atoms with Crippen LogP contribution >= 0.6 is 0 Å². The maximum absolute atomic E-state index is 14.1. The number of piperidine rings is 1. The van der Waals surface area contributed by atoms with Gasteiger partial charge in [0, 0.05) is 31.2 Å². The zero-order valence-corrected chi connectivity index (χ0v) is 18.7. The lowest BCUT2D eigenvalue weighted by atomic mass is 9.87. The number of likely N-dealkylation sites (tertiary alicyclic amines) is 2. The number of carbonyl (C=O) groups is 1. The average molecular weight is 444 g/mol. The van der Waals surface area contributed by atoms with Crippen LogP contribution in [0.3, 0.4) is 0 Å². The number of para-hydroxylation sites is 2. The Morgan fingerprint density at radius 3 is 2.81 bits per heavy atom. The molecule has 0 aromatic heterocycles. The molecule has 0 unspecified atom stereocenters. The largest absolute Gasteiger partial charge is 0.495 e. The van der Waals surface area contributed by atoms with Gasteiger partial charge in [0.05, 0.1) is 18.7 Å². The molecular weight excluding hydrogens is 412 g/mol. The SMILES string of the molecule is COc1ccccc1NC(=O)[C@@H]1C[C@H]([C@@H]2CCCN(Cc3cc(F)ccc3F)C2)N(C)C1. The predicted octanol–water partition coefficient (Wildman–Crippen LogP) is 4.14. The maximum Gasteiger partial charge on any atom is 0.228 e. The van der Waals surface area contributed by atoms with E-state index in [-0.39, 0.29) is 17.6 Å². The van der Waals surface area contributed by atoms with Crippen LogP contribution in [-0.4, -0.2) is 55.5 Å². The van der Waals surface area contributed by atoms with E-state index in [1.165, 1.54) is 12.1 Å². The number of methoxy groups -OCH3 is 1. The van der Waals surface area contributed by atoms with E-state index in [4.69, 9.17) is 4.74 Å². The molecule has 5 nitrogen and oxygen atoms in total. The maximum atomic E-state index is 14.1. The van der Waals surface area contributed by atoms with Crippen molar-refractivity contribution in [1.29, 1.82) is 0 Å². The van der Waals surface area contributed by atoms with Crippen molar-refractivity contribution in [3.8, 4) is 5.75 Å². The summed E-state index contributed by atoms with van der Waals surface area (Å²) < 4.78 is 33.0. The van der Waals surface area contributed by atoms with Crippen molar-refractivity contribution in [2.24, 2.45) is 11.8 Å². The van der Waals surface area contributed by atoms with Gasteiger partial charge < -0.3 is 15.0 Å². The van der Waals surface area contributed by atoms with E-state index < -0.39 is 5.82 Å². The van der Waals surface area contributed by atoms with Crippen molar-refractivity contribution in [2.45, 2.75) is 31.8 Å². The number of amides is 1. The van der Waals surface area contributed by atoms with Gasteiger partial charge in [-0.25, -0.2) is 8.78 Å². The van der Waals surface area contributed by atoms with Crippen molar-refractivity contribution < 1.29 is 18.3 Å². The zero-order chi connectivity index (χ0) is 22.7. The van der Waals surface area contributed by atoms with Crippen molar-refractivity contribution in [2.75, 3.05) is 39.1 Å². The van der Waals surface area contributed by atoms with Crippen LogP contribution in [0.5, 0.6) is 5.75 Å². The lowest BCUT2D eigenvalue weighted by Crippen LogP contribution is -2.43. The molecule has 3 atom stereocenters. The highest BCUT2D eigenvalue weighted by Crippen LogP contribution is 2.34. The number of benzene rings is 2. The first-order valence-corrected chi connectivity index (χ1v) is 11.2. The molecule has 1 N–H and O–H groups in total. The van der Waals surface area contributed by atoms with Gasteiger partial charge in [-0.1, -0.05) is 12.1 Å². The molecule has 2 aromatic rings. The predicted molar refractivity (Wildman–Crippen MR) is 121 cm³/mol. The van der Waals surface area contributed by atoms with Gasteiger partial charge in [-0.15, -0.1) is 0 Å². The monoisotopic (exact) mass is 443 g/mol. The summed E-state index contributed by atoms with van der Waals surface area (Å²) >= 11 is 0. The minimum absolute atomic E-state index is 0.0124. The van der Waals surface area contributed by atoms with Crippen molar-refractivity contribution in [3.63, 3.8) is 0 Å².